The summed E-state index contributed by atoms with van der Waals surface area (Å²) in [6, 6.07) is 4.03. The van der Waals surface area contributed by atoms with Crippen LogP contribution in [0.25, 0.3) is 0 Å². The largest absolute Gasteiger partial charge is 0.298 e. The molecule has 2 nitrogen and oxygen atoms in total. The fourth-order valence-electron chi connectivity index (χ4n) is 1.29. The highest BCUT2D eigenvalue weighted by atomic mass is 32.1. The van der Waals surface area contributed by atoms with Gasteiger partial charge in [0.1, 0.15) is 0 Å². The van der Waals surface area contributed by atoms with Crippen LogP contribution in [0.2, 0.25) is 0 Å². The molecule has 0 atom stereocenters. The third-order valence-electron chi connectivity index (χ3n) is 1.89. The maximum Gasteiger partial charge on any atom is 0.0312 e. The van der Waals surface area contributed by atoms with Gasteiger partial charge in [0, 0.05) is 31.2 Å². The number of likely N-dealkylation sites (N-methyl/N-ethyl adjacent to an activating group) is 1. The minimum Gasteiger partial charge on any atom is -0.298 e. The van der Waals surface area contributed by atoms with Crippen LogP contribution in [0.5, 0.6) is 0 Å². The van der Waals surface area contributed by atoms with Gasteiger partial charge in [0.15, 0.2) is 0 Å². The second-order valence-electron chi connectivity index (χ2n) is 3.44. The number of nitrogens with zero attached hydrogens (tertiary/aromatic N) is 2. The number of rotatable bonds is 5. The summed E-state index contributed by atoms with van der Waals surface area (Å²) in [6.07, 6.45) is 3.68. The Morgan fingerprint density at radius 2 is 2.43 bits per heavy atom. The molecule has 76 valence electrons. The van der Waals surface area contributed by atoms with Crippen molar-refractivity contribution in [3.8, 4) is 0 Å². The van der Waals surface area contributed by atoms with Gasteiger partial charge in [-0.3, -0.25) is 9.88 Å². The molecule has 0 spiro atoms. The van der Waals surface area contributed by atoms with Crippen molar-refractivity contribution in [2.75, 3.05) is 19.3 Å². The van der Waals surface area contributed by atoms with Crippen LogP contribution in [0.4, 0.5) is 0 Å². The van der Waals surface area contributed by atoms with Crippen LogP contribution in [0, 0.1) is 0 Å². The fourth-order valence-corrected chi connectivity index (χ4v) is 1.39. The Bertz CT molecular complexity index is 285. The van der Waals surface area contributed by atoms with Crippen LogP contribution < -0.4 is 0 Å². The molecule has 0 saturated heterocycles. The summed E-state index contributed by atoms with van der Waals surface area (Å²) in [7, 11) is 2.07. The maximum atomic E-state index is 4.18. The number of thiol groups is 1. The highest BCUT2D eigenvalue weighted by molar-refractivity contribution is 7.80. The summed E-state index contributed by atoms with van der Waals surface area (Å²) < 4.78 is 0. The van der Waals surface area contributed by atoms with E-state index in [1.54, 1.807) is 6.20 Å². The first kappa shape index (κ1) is 11.3. The second kappa shape index (κ2) is 5.83. The Morgan fingerprint density at radius 1 is 1.64 bits per heavy atom. The Balaban J connectivity index is 2.41. The minimum absolute atomic E-state index is 0.747. The first-order valence-corrected chi connectivity index (χ1v) is 5.20. The van der Waals surface area contributed by atoms with Crippen molar-refractivity contribution in [1.29, 1.82) is 0 Å². The number of pyridine rings is 1. The predicted molar refractivity (Wildman–Crippen MR) is 63.6 cm³/mol. The van der Waals surface area contributed by atoms with E-state index >= 15 is 0 Å². The van der Waals surface area contributed by atoms with Crippen molar-refractivity contribution >= 4 is 12.6 Å². The van der Waals surface area contributed by atoms with Crippen molar-refractivity contribution < 1.29 is 0 Å². The summed E-state index contributed by atoms with van der Waals surface area (Å²) in [6.45, 7) is 5.71. The van der Waals surface area contributed by atoms with Crippen molar-refractivity contribution in [3.05, 3.63) is 42.2 Å². The summed E-state index contributed by atoms with van der Waals surface area (Å²) in [5.74, 6) is 0.747. The lowest BCUT2D eigenvalue weighted by atomic mass is 10.2. The number of hydrogen-bond acceptors (Lipinski definition) is 3. The first-order valence-electron chi connectivity index (χ1n) is 4.57. The molecule has 0 aromatic carbocycles. The monoisotopic (exact) mass is 208 g/mol. The quantitative estimate of drug-likeness (QED) is 0.588. The van der Waals surface area contributed by atoms with E-state index in [9.17, 15) is 0 Å². The van der Waals surface area contributed by atoms with Crippen LogP contribution in [0.15, 0.2) is 36.7 Å². The highest BCUT2D eigenvalue weighted by Crippen LogP contribution is 2.03. The van der Waals surface area contributed by atoms with Gasteiger partial charge in [0.2, 0.25) is 0 Å². The Labute approximate surface area is 91.1 Å². The Kier molecular flexibility index (Phi) is 4.70. The Morgan fingerprint density at radius 3 is 3.00 bits per heavy atom. The van der Waals surface area contributed by atoms with Crippen LogP contribution in [-0.2, 0) is 6.54 Å². The van der Waals surface area contributed by atoms with E-state index in [4.69, 9.17) is 0 Å². The van der Waals surface area contributed by atoms with Crippen molar-refractivity contribution in [2.45, 2.75) is 6.54 Å². The molecule has 1 rings (SSSR count). The molecule has 0 saturated carbocycles. The summed E-state index contributed by atoms with van der Waals surface area (Å²) in [4.78, 5) is 6.28. The van der Waals surface area contributed by atoms with Gasteiger partial charge in [-0.25, -0.2) is 0 Å². The molecule has 0 aliphatic rings. The van der Waals surface area contributed by atoms with Crippen molar-refractivity contribution in [1.82, 2.24) is 9.88 Å². The smallest absolute Gasteiger partial charge is 0.0312 e. The van der Waals surface area contributed by atoms with E-state index in [1.165, 1.54) is 5.56 Å². The van der Waals surface area contributed by atoms with E-state index in [0.29, 0.717) is 0 Å². The van der Waals surface area contributed by atoms with E-state index in [0.717, 1.165) is 24.4 Å². The average molecular weight is 208 g/mol. The number of aromatic nitrogens is 1. The van der Waals surface area contributed by atoms with Crippen LogP contribution in [0.1, 0.15) is 5.56 Å². The predicted octanol–water partition coefficient (Wildman–Crippen LogP) is 2.00. The average Bonchev–Trinajstić information content (AvgIpc) is 2.19. The van der Waals surface area contributed by atoms with E-state index in [2.05, 4.69) is 42.2 Å². The lowest BCUT2D eigenvalue weighted by molar-refractivity contribution is 0.355. The molecular formula is C11H16N2S. The normalized spacial score (nSPS) is 10.5. The molecule has 0 aliphatic heterocycles. The van der Waals surface area contributed by atoms with Crippen LogP contribution in [-0.4, -0.2) is 29.2 Å². The van der Waals surface area contributed by atoms with E-state index < -0.39 is 0 Å². The summed E-state index contributed by atoms with van der Waals surface area (Å²) in [5, 5.41) is 0. The summed E-state index contributed by atoms with van der Waals surface area (Å²) in [5.41, 5.74) is 2.36. The molecule has 1 aromatic heterocycles. The van der Waals surface area contributed by atoms with Crippen LogP contribution >= 0.6 is 12.6 Å². The van der Waals surface area contributed by atoms with E-state index in [-0.39, 0.29) is 0 Å². The maximum absolute atomic E-state index is 4.18. The molecule has 0 radical (unpaired) electrons. The fraction of sp³-hybridized carbons (Fsp3) is 0.364. The molecule has 0 fully saturated rings. The zero-order valence-electron chi connectivity index (χ0n) is 8.48. The Hall–Kier alpha value is -0.800. The minimum atomic E-state index is 0.747. The molecular weight excluding hydrogens is 192 g/mol. The molecule has 0 N–H and O–H groups in total. The van der Waals surface area contributed by atoms with Gasteiger partial charge < -0.3 is 0 Å². The van der Waals surface area contributed by atoms with Gasteiger partial charge in [-0.1, -0.05) is 18.2 Å². The second-order valence-corrected chi connectivity index (χ2v) is 3.76. The molecule has 1 heterocycles. The molecule has 14 heavy (non-hydrogen) atoms. The molecule has 1 aromatic rings. The third kappa shape index (κ3) is 3.94. The lowest BCUT2D eigenvalue weighted by Crippen LogP contribution is -2.20. The molecule has 3 heteroatoms. The lowest BCUT2D eigenvalue weighted by Gasteiger charge is -2.16. The molecule has 0 aliphatic carbocycles. The zero-order valence-corrected chi connectivity index (χ0v) is 9.37. The van der Waals surface area contributed by atoms with E-state index in [1.807, 2.05) is 12.3 Å². The first-order chi connectivity index (χ1) is 6.72. The molecule has 0 unspecified atom stereocenters. The molecule has 0 amide bonds. The van der Waals surface area contributed by atoms with Gasteiger partial charge in [-0.05, 0) is 18.7 Å². The van der Waals surface area contributed by atoms with Crippen molar-refractivity contribution in [2.24, 2.45) is 0 Å². The topological polar surface area (TPSA) is 16.1 Å². The van der Waals surface area contributed by atoms with Gasteiger partial charge in [-0.15, -0.1) is 0 Å². The summed E-state index contributed by atoms with van der Waals surface area (Å²) >= 11 is 4.18. The molecule has 0 bridgehead atoms. The van der Waals surface area contributed by atoms with Gasteiger partial charge in [-0.2, -0.15) is 12.6 Å². The standard InChI is InChI=1S/C11H16N2S/c1-10(9-14)7-13(2)8-11-4-3-5-12-6-11/h3-6,14H,1,7-9H2,2H3. The van der Waals surface area contributed by atoms with Gasteiger partial charge >= 0.3 is 0 Å². The zero-order chi connectivity index (χ0) is 10.4. The third-order valence-corrected chi connectivity index (χ3v) is 2.34. The number of hydrogen-bond donors (Lipinski definition) is 1. The van der Waals surface area contributed by atoms with Crippen molar-refractivity contribution in [3.63, 3.8) is 0 Å². The van der Waals surface area contributed by atoms with Crippen LogP contribution in [0.3, 0.4) is 0 Å². The SMILES string of the molecule is C=C(CS)CN(C)Cc1cccnc1. The van der Waals surface area contributed by atoms with Gasteiger partial charge in [0.25, 0.3) is 0 Å². The van der Waals surface area contributed by atoms with Gasteiger partial charge in [0.05, 0.1) is 0 Å². The highest BCUT2D eigenvalue weighted by Gasteiger charge is 2.01.